The van der Waals surface area contributed by atoms with Crippen molar-refractivity contribution in [2.75, 3.05) is 6.54 Å². The highest BCUT2D eigenvalue weighted by atomic mass is 16.1. The molecular formula is C14H26N4O. The molecule has 1 amide bonds. The quantitative estimate of drug-likeness (QED) is 0.744. The minimum atomic E-state index is -0.669. The molecule has 0 aromatic carbocycles. The molecule has 1 aromatic heterocycles. The van der Waals surface area contributed by atoms with Gasteiger partial charge in [0.25, 0.3) is 0 Å². The first-order valence-electron chi connectivity index (χ1n) is 7.07. The van der Waals surface area contributed by atoms with Crippen LogP contribution in [-0.4, -0.2) is 27.8 Å². The number of nitrogens with two attached hydrogens (primary N) is 1. The molecule has 0 saturated heterocycles. The summed E-state index contributed by atoms with van der Waals surface area (Å²) in [5.74, 6) is -0.310. The lowest BCUT2D eigenvalue weighted by atomic mass is 9.97. The number of hydrogen-bond donors (Lipinski definition) is 2. The Hall–Kier alpha value is -1.36. The molecule has 1 atom stereocenters. The Bertz CT molecular complexity index is 427. The summed E-state index contributed by atoms with van der Waals surface area (Å²) < 4.78 is 2.00. The van der Waals surface area contributed by atoms with Crippen molar-refractivity contribution < 1.29 is 4.79 Å². The topological polar surface area (TPSA) is 72.9 Å². The molecule has 5 heteroatoms. The molecule has 5 nitrogen and oxygen atoms in total. The zero-order valence-corrected chi connectivity index (χ0v) is 12.5. The highest BCUT2D eigenvalue weighted by molar-refractivity contribution is 5.84. The molecule has 0 saturated carbocycles. The molecule has 19 heavy (non-hydrogen) atoms. The Kier molecular flexibility index (Phi) is 5.54. The van der Waals surface area contributed by atoms with E-state index in [1.165, 1.54) is 5.69 Å². The van der Waals surface area contributed by atoms with E-state index in [1.54, 1.807) is 0 Å². The van der Waals surface area contributed by atoms with Crippen LogP contribution in [0.5, 0.6) is 0 Å². The third-order valence-corrected chi connectivity index (χ3v) is 3.57. The van der Waals surface area contributed by atoms with E-state index in [-0.39, 0.29) is 5.91 Å². The second-order valence-electron chi connectivity index (χ2n) is 5.03. The summed E-state index contributed by atoms with van der Waals surface area (Å²) in [5, 5.41) is 7.73. The Labute approximate surface area is 115 Å². The van der Waals surface area contributed by atoms with Crippen molar-refractivity contribution in [3.8, 4) is 0 Å². The smallest absolute Gasteiger partial charge is 0.237 e. The van der Waals surface area contributed by atoms with E-state index in [9.17, 15) is 4.79 Å². The second kappa shape index (κ2) is 6.70. The van der Waals surface area contributed by atoms with E-state index < -0.39 is 5.54 Å². The van der Waals surface area contributed by atoms with Crippen LogP contribution in [0.25, 0.3) is 0 Å². The van der Waals surface area contributed by atoms with Crippen molar-refractivity contribution >= 4 is 5.91 Å². The fourth-order valence-corrected chi connectivity index (χ4v) is 2.18. The third-order valence-electron chi connectivity index (χ3n) is 3.57. The minimum Gasteiger partial charge on any atom is -0.368 e. The average molecular weight is 266 g/mol. The van der Waals surface area contributed by atoms with Crippen molar-refractivity contribution in [1.82, 2.24) is 15.1 Å². The van der Waals surface area contributed by atoms with E-state index in [0.29, 0.717) is 13.0 Å². The van der Waals surface area contributed by atoms with Gasteiger partial charge < -0.3 is 11.1 Å². The van der Waals surface area contributed by atoms with Crippen molar-refractivity contribution in [3.05, 3.63) is 17.5 Å². The Morgan fingerprint density at radius 2 is 2.11 bits per heavy atom. The normalized spacial score (nSPS) is 14.3. The van der Waals surface area contributed by atoms with Crippen LogP contribution in [0.1, 0.15) is 45.5 Å². The van der Waals surface area contributed by atoms with Crippen LogP contribution in [0.4, 0.5) is 0 Å². The predicted octanol–water partition coefficient (Wildman–Crippen LogP) is 1.25. The largest absolute Gasteiger partial charge is 0.368 e. The number of aryl methyl sites for hydroxylation is 3. The molecule has 1 heterocycles. The van der Waals surface area contributed by atoms with Crippen LogP contribution in [0.3, 0.4) is 0 Å². The summed E-state index contributed by atoms with van der Waals surface area (Å²) in [6.07, 6.45) is 2.52. The molecule has 0 aliphatic rings. The molecular weight excluding hydrogens is 240 g/mol. The number of nitrogens with zero attached hydrogens (tertiary/aromatic N) is 2. The lowest BCUT2D eigenvalue weighted by Gasteiger charge is -2.27. The number of aromatic nitrogens is 2. The van der Waals surface area contributed by atoms with Gasteiger partial charge >= 0.3 is 0 Å². The van der Waals surface area contributed by atoms with Gasteiger partial charge in [0, 0.05) is 12.2 Å². The lowest BCUT2D eigenvalue weighted by molar-refractivity contribution is -0.124. The Morgan fingerprint density at radius 1 is 1.42 bits per heavy atom. The molecule has 0 bridgehead atoms. The fourth-order valence-electron chi connectivity index (χ4n) is 2.18. The highest BCUT2D eigenvalue weighted by Gasteiger charge is 2.29. The molecule has 1 aromatic rings. The van der Waals surface area contributed by atoms with E-state index in [1.807, 2.05) is 18.5 Å². The van der Waals surface area contributed by atoms with Crippen LogP contribution in [0, 0.1) is 0 Å². The SMILES string of the molecule is CCNC(C)(CCn1nc(CC)cc1CC)C(N)=O. The van der Waals surface area contributed by atoms with Crippen molar-refractivity contribution in [1.29, 1.82) is 0 Å². The number of rotatable bonds is 8. The van der Waals surface area contributed by atoms with Gasteiger partial charge in [0.1, 0.15) is 0 Å². The number of likely N-dealkylation sites (N-methyl/N-ethyl adjacent to an activating group) is 1. The number of carbonyl (C=O) groups is 1. The first-order chi connectivity index (χ1) is 8.96. The monoisotopic (exact) mass is 266 g/mol. The van der Waals surface area contributed by atoms with Gasteiger partial charge in [0.15, 0.2) is 0 Å². The second-order valence-corrected chi connectivity index (χ2v) is 5.03. The highest BCUT2D eigenvalue weighted by Crippen LogP contribution is 2.13. The molecule has 0 fully saturated rings. The van der Waals surface area contributed by atoms with E-state index >= 15 is 0 Å². The van der Waals surface area contributed by atoms with Crippen LogP contribution in [0.15, 0.2) is 6.07 Å². The summed E-state index contributed by atoms with van der Waals surface area (Å²) in [7, 11) is 0. The molecule has 0 spiro atoms. The number of carbonyl (C=O) groups excluding carboxylic acids is 1. The maximum absolute atomic E-state index is 11.6. The number of amides is 1. The molecule has 0 radical (unpaired) electrons. The van der Waals surface area contributed by atoms with E-state index in [4.69, 9.17) is 5.73 Å². The van der Waals surface area contributed by atoms with E-state index in [2.05, 4.69) is 30.3 Å². The maximum atomic E-state index is 11.6. The number of primary amides is 1. The Balaban J connectivity index is 2.79. The zero-order chi connectivity index (χ0) is 14.5. The Morgan fingerprint density at radius 3 is 2.58 bits per heavy atom. The number of nitrogens with one attached hydrogen (secondary N) is 1. The summed E-state index contributed by atoms with van der Waals surface area (Å²) in [5.41, 5.74) is 7.13. The fraction of sp³-hybridized carbons (Fsp3) is 0.714. The molecule has 1 unspecified atom stereocenters. The zero-order valence-electron chi connectivity index (χ0n) is 12.5. The van der Waals surface area contributed by atoms with Gasteiger partial charge in [-0.3, -0.25) is 9.48 Å². The predicted molar refractivity (Wildman–Crippen MR) is 76.9 cm³/mol. The first kappa shape index (κ1) is 15.7. The standard InChI is InChI=1S/C14H26N4O/c1-5-11-10-12(6-2)18(17-11)9-8-14(4,13(15)19)16-7-3/h10,16H,5-9H2,1-4H3,(H2,15,19). The first-order valence-corrected chi connectivity index (χ1v) is 7.07. The van der Waals surface area contributed by atoms with E-state index in [0.717, 1.165) is 25.1 Å². The summed E-state index contributed by atoms with van der Waals surface area (Å²) >= 11 is 0. The van der Waals surface area contributed by atoms with Crippen LogP contribution >= 0.6 is 0 Å². The van der Waals surface area contributed by atoms with Crippen molar-refractivity contribution in [3.63, 3.8) is 0 Å². The van der Waals surface area contributed by atoms with Gasteiger partial charge in [-0.2, -0.15) is 5.10 Å². The summed E-state index contributed by atoms with van der Waals surface area (Å²) in [4.78, 5) is 11.6. The summed E-state index contributed by atoms with van der Waals surface area (Å²) in [6, 6.07) is 2.13. The van der Waals surface area contributed by atoms with Crippen molar-refractivity contribution in [2.24, 2.45) is 5.73 Å². The molecule has 0 aliphatic carbocycles. The van der Waals surface area contributed by atoms with Gasteiger partial charge in [-0.25, -0.2) is 0 Å². The van der Waals surface area contributed by atoms with Gasteiger partial charge in [-0.15, -0.1) is 0 Å². The van der Waals surface area contributed by atoms with Gasteiger partial charge in [-0.1, -0.05) is 20.8 Å². The average Bonchev–Trinajstić information content (AvgIpc) is 2.79. The summed E-state index contributed by atoms with van der Waals surface area (Å²) in [6.45, 7) is 9.47. The third kappa shape index (κ3) is 3.80. The van der Waals surface area contributed by atoms with Gasteiger partial charge in [0.05, 0.1) is 11.2 Å². The van der Waals surface area contributed by atoms with Gasteiger partial charge in [0.2, 0.25) is 5.91 Å². The van der Waals surface area contributed by atoms with Crippen LogP contribution in [0.2, 0.25) is 0 Å². The van der Waals surface area contributed by atoms with Gasteiger partial charge in [-0.05, 0) is 38.8 Å². The number of hydrogen-bond acceptors (Lipinski definition) is 3. The van der Waals surface area contributed by atoms with Crippen LogP contribution in [-0.2, 0) is 24.2 Å². The molecule has 3 N–H and O–H groups in total. The van der Waals surface area contributed by atoms with Crippen LogP contribution < -0.4 is 11.1 Å². The molecule has 108 valence electrons. The lowest BCUT2D eigenvalue weighted by Crippen LogP contribution is -2.53. The maximum Gasteiger partial charge on any atom is 0.237 e. The van der Waals surface area contributed by atoms with Crippen molar-refractivity contribution in [2.45, 2.75) is 59.0 Å². The molecule has 0 aliphatic heterocycles. The minimum absolute atomic E-state index is 0.310. The molecule has 1 rings (SSSR count).